The number of pyridine rings is 1. The second-order valence-corrected chi connectivity index (χ2v) is 5.40. The van der Waals surface area contributed by atoms with Crippen molar-refractivity contribution in [3.63, 3.8) is 0 Å². The van der Waals surface area contributed by atoms with Gasteiger partial charge in [-0.1, -0.05) is 43.9 Å². The van der Waals surface area contributed by atoms with Gasteiger partial charge in [0.1, 0.15) is 11.5 Å². The van der Waals surface area contributed by atoms with Crippen LogP contribution in [0, 0.1) is 0 Å². The summed E-state index contributed by atoms with van der Waals surface area (Å²) in [6.45, 7) is 9.65. The Kier molecular flexibility index (Phi) is 7.69. The molecule has 1 atom stereocenters. The minimum Gasteiger partial charge on any atom is -0.505 e. The molecule has 0 aliphatic rings. The predicted octanol–water partition coefficient (Wildman–Crippen LogP) is 4.38. The first kappa shape index (κ1) is 19.4. The lowest BCUT2D eigenvalue weighted by Crippen LogP contribution is -2.35. The van der Waals surface area contributed by atoms with Gasteiger partial charge in [0.25, 0.3) is 5.91 Å². The molecule has 128 valence electrons. The fraction of sp³-hybridized carbons (Fsp3) is 0.300. The van der Waals surface area contributed by atoms with Crippen LogP contribution in [0.25, 0.3) is 11.8 Å². The van der Waals surface area contributed by atoms with Crippen LogP contribution >= 0.6 is 0 Å². The standard InChI is InChI=1S/C20H26N2O2/c1-6-9-11-16(7-2)15(4)22(5)19(24)14-18(23)20-17(8-3)12-10-13-21-20/h7-15,23H,3,6H2,1-2,4-5H3/b11-9-,16-7+,18-14-/t15-/m0/s1. The Bertz CT molecular complexity index is 672. The van der Waals surface area contributed by atoms with Crippen molar-refractivity contribution in [2.24, 2.45) is 0 Å². The minimum atomic E-state index is -0.287. The first-order valence-corrected chi connectivity index (χ1v) is 8.04. The van der Waals surface area contributed by atoms with Crippen LogP contribution in [0.3, 0.4) is 0 Å². The van der Waals surface area contributed by atoms with Crippen molar-refractivity contribution < 1.29 is 9.90 Å². The number of amides is 1. The highest BCUT2D eigenvalue weighted by atomic mass is 16.3. The first-order chi connectivity index (χ1) is 11.5. The van der Waals surface area contributed by atoms with Crippen molar-refractivity contribution in [2.75, 3.05) is 7.05 Å². The van der Waals surface area contributed by atoms with Gasteiger partial charge >= 0.3 is 0 Å². The van der Waals surface area contributed by atoms with Crippen molar-refractivity contribution >= 4 is 17.7 Å². The van der Waals surface area contributed by atoms with E-state index in [0.717, 1.165) is 12.0 Å². The lowest BCUT2D eigenvalue weighted by molar-refractivity contribution is -0.125. The second-order valence-electron chi connectivity index (χ2n) is 5.40. The number of aliphatic hydroxyl groups excluding tert-OH is 1. The average Bonchev–Trinajstić information content (AvgIpc) is 2.61. The fourth-order valence-corrected chi connectivity index (χ4v) is 2.23. The van der Waals surface area contributed by atoms with E-state index < -0.39 is 0 Å². The normalized spacial score (nSPS) is 13.8. The molecule has 0 spiro atoms. The van der Waals surface area contributed by atoms with Gasteiger partial charge in [-0.05, 0) is 31.9 Å². The summed E-state index contributed by atoms with van der Waals surface area (Å²) in [6, 6.07) is 3.43. The smallest absolute Gasteiger partial charge is 0.250 e. The highest BCUT2D eigenvalue weighted by Crippen LogP contribution is 2.17. The van der Waals surface area contributed by atoms with E-state index in [2.05, 4.69) is 24.6 Å². The van der Waals surface area contributed by atoms with Crippen LogP contribution in [0.1, 0.15) is 38.4 Å². The largest absolute Gasteiger partial charge is 0.505 e. The number of carbonyl (C=O) groups excluding carboxylic acids is 1. The van der Waals surface area contributed by atoms with Crippen LogP contribution in [0.15, 0.2) is 54.8 Å². The summed E-state index contributed by atoms with van der Waals surface area (Å²) >= 11 is 0. The lowest BCUT2D eigenvalue weighted by Gasteiger charge is -2.25. The number of hydrogen-bond acceptors (Lipinski definition) is 3. The number of hydrogen-bond donors (Lipinski definition) is 1. The van der Waals surface area contributed by atoms with Crippen molar-refractivity contribution in [1.82, 2.24) is 9.88 Å². The molecule has 4 heteroatoms. The molecule has 0 aromatic carbocycles. The van der Waals surface area contributed by atoms with Gasteiger partial charge in [-0.2, -0.15) is 0 Å². The van der Waals surface area contributed by atoms with Gasteiger partial charge < -0.3 is 10.0 Å². The van der Waals surface area contributed by atoms with Gasteiger partial charge in [0, 0.05) is 24.9 Å². The molecule has 1 amide bonds. The first-order valence-electron chi connectivity index (χ1n) is 8.04. The molecule has 0 bridgehead atoms. The summed E-state index contributed by atoms with van der Waals surface area (Å²) in [4.78, 5) is 18.1. The number of aromatic nitrogens is 1. The molecule has 4 nitrogen and oxygen atoms in total. The highest BCUT2D eigenvalue weighted by molar-refractivity contribution is 5.94. The van der Waals surface area contributed by atoms with Crippen LogP contribution in [0.4, 0.5) is 0 Å². The van der Waals surface area contributed by atoms with E-state index in [-0.39, 0.29) is 17.7 Å². The van der Waals surface area contributed by atoms with Crippen molar-refractivity contribution in [3.05, 3.63) is 66.0 Å². The molecule has 24 heavy (non-hydrogen) atoms. The predicted molar refractivity (Wildman–Crippen MR) is 100 cm³/mol. The zero-order valence-corrected chi connectivity index (χ0v) is 14.9. The quantitative estimate of drug-likeness (QED) is 0.459. The minimum absolute atomic E-state index is 0.100. The molecule has 0 saturated carbocycles. The number of allylic oxidation sites excluding steroid dienone is 2. The third-order valence-corrected chi connectivity index (χ3v) is 3.85. The highest BCUT2D eigenvalue weighted by Gasteiger charge is 2.17. The number of nitrogens with zero attached hydrogens (tertiary/aromatic N) is 2. The third kappa shape index (κ3) is 4.95. The molecule has 0 saturated heterocycles. The zero-order chi connectivity index (χ0) is 18.1. The van der Waals surface area contributed by atoms with Gasteiger partial charge in [-0.3, -0.25) is 9.78 Å². The van der Waals surface area contributed by atoms with Crippen LogP contribution in [0.2, 0.25) is 0 Å². The summed E-state index contributed by atoms with van der Waals surface area (Å²) in [6.07, 6.45) is 11.4. The van der Waals surface area contributed by atoms with E-state index in [9.17, 15) is 9.90 Å². The van der Waals surface area contributed by atoms with Crippen LogP contribution < -0.4 is 0 Å². The van der Waals surface area contributed by atoms with Crippen molar-refractivity contribution in [1.29, 1.82) is 0 Å². The Hall–Kier alpha value is -2.62. The Morgan fingerprint density at radius 2 is 2.21 bits per heavy atom. The van der Waals surface area contributed by atoms with Crippen LogP contribution in [-0.4, -0.2) is 34.0 Å². The van der Waals surface area contributed by atoms with Gasteiger partial charge in [0.2, 0.25) is 0 Å². The van der Waals surface area contributed by atoms with E-state index >= 15 is 0 Å². The average molecular weight is 326 g/mol. The third-order valence-electron chi connectivity index (χ3n) is 3.85. The van der Waals surface area contributed by atoms with Crippen LogP contribution in [-0.2, 0) is 4.79 Å². The Morgan fingerprint density at radius 1 is 1.50 bits per heavy atom. The van der Waals surface area contributed by atoms with Gasteiger partial charge in [-0.25, -0.2) is 0 Å². The number of likely N-dealkylation sites (N-methyl/N-ethyl adjacent to an activating group) is 1. The SMILES string of the molecule is C=Cc1cccnc1/C(O)=C/C(=O)N(C)[C@@H](C)C(/C=C\CC)=C/C. The number of rotatable bonds is 7. The van der Waals surface area contributed by atoms with Gasteiger partial charge in [-0.15, -0.1) is 0 Å². The molecule has 0 fully saturated rings. The molecule has 1 N–H and O–H groups in total. The molecular weight excluding hydrogens is 300 g/mol. The number of carbonyl (C=O) groups is 1. The Balaban J connectivity index is 3.00. The summed E-state index contributed by atoms with van der Waals surface area (Å²) in [5.74, 6) is -0.453. The maximum Gasteiger partial charge on any atom is 0.250 e. The summed E-state index contributed by atoms with van der Waals surface area (Å²) < 4.78 is 0. The molecule has 1 aromatic rings. The molecular formula is C20H26N2O2. The van der Waals surface area contributed by atoms with Crippen LogP contribution in [0.5, 0.6) is 0 Å². The summed E-state index contributed by atoms with van der Waals surface area (Å²) in [5, 5.41) is 10.2. The second kappa shape index (κ2) is 9.50. The topological polar surface area (TPSA) is 53.4 Å². The molecule has 1 rings (SSSR count). The molecule has 1 aromatic heterocycles. The molecule has 0 radical (unpaired) electrons. The Morgan fingerprint density at radius 3 is 2.79 bits per heavy atom. The molecule has 1 heterocycles. The summed E-state index contributed by atoms with van der Waals surface area (Å²) in [7, 11) is 1.72. The van der Waals surface area contributed by atoms with E-state index in [0.29, 0.717) is 11.3 Å². The Labute approximate surface area is 144 Å². The van der Waals surface area contributed by atoms with E-state index in [1.165, 1.54) is 6.08 Å². The monoisotopic (exact) mass is 326 g/mol. The van der Waals surface area contributed by atoms with E-state index in [1.807, 2.05) is 26.0 Å². The van der Waals surface area contributed by atoms with Crippen molar-refractivity contribution in [3.8, 4) is 0 Å². The van der Waals surface area contributed by atoms with E-state index in [4.69, 9.17) is 0 Å². The zero-order valence-electron chi connectivity index (χ0n) is 14.9. The lowest BCUT2D eigenvalue weighted by atomic mass is 10.1. The molecule has 0 aliphatic carbocycles. The van der Waals surface area contributed by atoms with Gasteiger partial charge in [0.15, 0.2) is 0 Å². The molecule has 0 aliphatic heterocycles. The summed E-state index contributed by atoms with van der Waals surface area (Å²) in [5.41, 5.74) is 2.07. The fourth-order valence-electron chi connectivity index (χ4n) is 2.23. The maximum absolute atomic E-state index is 12.4. The molecule has 0 unspecified atom stereocenters. The van der Waals surface area contributed by atoms with Crippen molar-refractivity contribution in [2.45, 2.75) is 33.2 Å². The van der Waals surface area contributed by atoms with Gasteiger partial charge in [0.05, 0.1) is 6.04 Å². The number of aliphatic hydroxyl groups is 1. The van der Waals surface area contributed by atoms with E-state index in [1.54, 1.807) is 36.4 Å². The maximum atomic E-state index is 12.4.